The van der Waals surface area contributed by atoms with Crippen LogP contribution >= 0.6 is 23.2 Å². The van der Waals surface area contributed by atoms with Crippen molar-refractivity contribution in [1.29, 1.82) is 10.5 Å². The molecule has 8 nitrogen and oxygen atoms in total. The summed E-state index contributed by atoms with van der Waals surface area (Å²) in [5.74, 6) is 0. The highest BCUT2D eigenvalue weighted by Crippen LogP contribution is 2.43. The first-order valence-corrected chi connectivity index (χ1v) is 14.9. The minimum Gasteiger partial charge on any atom is -0.377 e. The van der Waals surface area contributed by atoms with Gasteiger partial charge in [0.05, 0.1) is 51.2 Å². The zero-order valence-electron chi connectivity index (χ0n) is 23.5. The van der Waals surface area contributed by atoms with Gasteiger partial charge >= 0.3 is 0 Å². The van der Waals surface area contributed by atoms with Gasteiger partial charge in [-0.05, 0) is 55.5 Å². The van der Waals surface area contributed by atoms with Crippen LogP contribution in [0.1, 0.15) is 61.4 Å². The molecule has 1 aliphatic heterocycles. The van der Waals surface area contributed by atoms with E-state index in [9.17, 15) is 10.5 Å². The molecular formula is C33H30Cl2N8. The smallest absolute Gasteiger partial charge is 0.103 e. The molecule has 0 saturated heterocycles. The van der Waals surface area contributed by atoms with Crippen LogP contribution in [0.5, 0.6) is 0 Å². The van der Waals surface area contributed by atoms with Gasteiger partial charge < -0.3 is 16.1 Å². The molecular weight excluding hydrogens is 579 g/mol. The lowest BCUT2D eigenvalue weighted by molar-refractivity contribution is 0.190. The van der Waals surface area contributed by atoms with Gasteiger partial charge in [0, 0.05) is 34.9 Å². The largest absolute Gasteiger partial charge is 0.377 e. The summed E-state index contributed by atoms with van der Waals surface area (Å²) in [6.07, 6.45) is 6.76. The molecule has 4 aromatic rings. The number of anilines is 2. The Morgan fingerprint density at radius 3 is 2.51 bits per heavy atom. The third-order valence-corrected chi connectivity index (χ3v) is 8.73. The Kier molecular flexibility index (Phi) is 8.01. The number of rotatable bonds is 10. The van der Waals surface area contributed by atoms with Crippen molar-refractivity contribution in [2.75, 3.05) is 10.6 Å². The zero-order chi connectivity index (χ0) is 30.0. The predicted molar refractivity (Wildman–Crippen MR) is 171 cm³/mol. The van der Waals surface area contributed by atoms with Crippen molar-refractivity contribution in [3.05, 3.63) is 112 Å². The van der Waals surface area contributed by atoms with E-state index in [-0.39, 0.29) is 17.6 Å². The van der Waals surface area contributed by atoms with Crippen LogP contribution in [-0.4, -0.2) is 15.5 Å². The molecule has 1 aromatic heterocycles. The number of pyridine rings is 1. The van der Waals surface area contributed by atoms with E-state index in [1.165, 1.54) is 6.20 Å². The van der Waals surface area contributed by atoms with E-state index in [1.807, 2.05) is 66.7 Å². The summed E-state index contributed by atoms with van der Waals surface area (Å²) in [4.78, 5) is 4.53. The molecule has 6 rings (SSSR count). The van der Waals surface area contributed by atoms with Crippen molar-refractivity contribution < 1.29 is 0 Å². The number of hydrazine groups is 2. The van der Waals surface area contributed by atoms with E-state index in [2.05, 4.69) is 56.8 Å². The monoisotopic (exact) mass is 608 g/mol. The van der Waals surface area contributed by atoms with Gasteiger partial charge in [-0.2, -0.15) is 10.5 Å². The number of aromatic nitrogens is 1. The van der Waals surface area contributed by atoms with Crippen LogP contribution in [0.3, 0.4) is 0 Å². The van der Waals surface area contributed by atoms with Crippen molar-refractivity contribution >= 4 is 45.5 Å². The Morgan fingerprint density at radius 1 is 1.02 bits per heavy atom. The number of nitrogens with one attached hydrogen (secondary N) is 4. The quantitative estimate of drug-likeness (QED) is 0.145. The molecule has 0 radical (unpaired) electrons. The summed E-state index contributed by atoms with van der Waals surface area (Å²) < 4.78 is 0. The standard InChI is InChI=1S/C33H30Cl2N8/c1-33(13-14-33)43-20-29(41-42-43)32(24-10-5-6-11-26(24)34)39-23-16-25-30(22(18-37)19-38-31(25)27(35)17-23)40-28(12-7-15-36)21-8-3-2-4-9-21/h2-6,8-11,16-17,19-20,28,32,39,41-42H,7,12-14H2,1H3,(H,38,40)/t28-,32+/m1/s1. The van der Waals surface area contributed by atoms with E-state index in [0.717, 1.165) is 35.4 Å². The maximum absolute atomic E-state index is 10.1. The summed E-state index contributed by atoms with van der Waals surface area (Å²) in [7, 11) is 0. The lowest BCUT2D eigenvalue weighted by atomic mass is 10.00. The van der Waals surface area contributed by atoms with Crippen molar-refractivity contribution in [3.8, 4) is 12.1 Å². The Hall–Kier alpha value is -4.47. The number of hydrogen-bond acceptors (Lipinski definition) is 8. The molecule has 1 aliphatic carbocycles. The molecule has 10 heteroatoms. The normalized spacial score (nSPS) is 16.4. The first-order valence-electron chi connectivity index (χ1n) is 14.1. The van der Waals surface area contributed by atoms with Gasteiger partial charge in [0.25, 0.3) is 0 Å². The molecule has 216 valence electrons. The molecule has 0 spiro atoms. The molecule has 0 bridgehead atoms. The first kappa shape index (κ1) is 28.6. The van der Waals surface area contributed by atoms with Crippen LogP contribution in [0.25, 0.3) is 10.9 Å². The van der Waals surface area contributed by atoms with Gasteiger partial charge in [0.15, 0.2) is 0 Å². The number of benzene rings is 3. The van der Waals surface area contributed by atoms with Gasteiger partial charge in [0.1, 0.15) is 6.07 Å². The van der Waals surface area contributed by atoms with Crippen molar-refractivity contribution in [1.82, 2.24) is 21.0 Å². The third kappa shape index (κ3) is 5.91. The first-order chi connectivity index (χ1) is 20.9. The minimum absolute atomic E-state index is 0.0762. The van der Waals surface area contributed by atoms with Gasteiger partial charge in [-0.3, -0.25) is 9.99 Å². The van der Waals surface area contributed by atoms with Crippen molar-refractivity contribution in [3.63, 3.8) is 0 Å². The molecule has 0 amide bonds. The molecule has 3 aromatic carbocycles. The van der Waals surface area contributed by atoms with Crippen LogP contribution in [0.15, 0.2) is 84.8 Å². The second-order valence-corrected chi connectivity index (χ2v) is 11.9. The lowest BCUT2D eigenvalue weighted by Crippen LogP contribution is -2.43. The van der Waals surface area contributed by atoms with Crippen molar-refractivity contribution in [2.24, 2.45) is 0 Å². The fourth-order valence-electron chi connectivity index (χ4n) is 5.36. The topological polar surface area (TPSA) is 112 Å². The van der Waals surface area contributed by atoms with E-state index >= 15 is 0 Å². The average Bonchev–Trinajstić information content (AvgIpc) is 3.57. The Bertz CT molecular complexity index is 1770. The van der Waals surface area contributed by atoms with Crippen molar-refractivity contribution in [2.45, 2.75) is 50.2 Å². The Labute approximate surface area is 260 Å². The van der Waals surface area contributed by atoms with Gasteiger partial charge in [-0.15, -0.1) is 5.53 Å². The highest BCUT2D eigenvalue weighted by atomic mass is 35.5. The maximum Gasteiger partial charge on any atom is 0.103 e. The molecule has 2 heterocycles. The number of hydrogen-bond donors (Lipinski definition) is 4. The van der Waals surface area contributed by atoms with E-state index in [4.69, 9.17) is 23.2 Å². The third-order valence-electron chi connectivity index (χ3n) is 8.09. The van der Waals surface area contributed by atoms with Crippen LogP contribution < -0.4 is 21.6 Å². The molecule has 4 N–H and O–H groups in total. The number of fused-ring (bicyclic) bond motifs is 1. The molecule has 2 aliphatic rings. The van der Waals surface area contributed by atoms with Crippen LogP contribution in [-0.2, 0) is 0 Å². The highest BCUT2D eigenvalue weighted by molar-refractivity contribution is 6.36. The highest BCUT2D eigenvalue weighted by Gasteiger charge is 2.44. The number of halogens is 2. The zero-order valence-corrected chi connectivity index (χ0v) is 25.0. The summed E-state index contributed by atoms with van der Waals surface area (Å²) in [5, 5.41) is 30.5. The summed E-state index contributed by atoms with van der Waals surface area (Å²) in [6, 6.07) is 25.4. The molecule has 0 unspecified atom stereocenters. The molecule has 1 fully saturated rings. The molecule has 43 heavy (non-hydrogen) atoms. The van der Waals surface area contributed by atoms with Crippen LogP contribution in [0.4, 0.5) is 11.4 Å². The average molecular weight is 610 g/mol. The summed E-state index contributed by atoms with van der Waals surface area (Å²) >= 11 is 13.6. The summed E-state index contributed by atoms with van der Waals surface area (Å²) in [5.41, 5.74) is 11.8. The number of nitrogens with zero attached hydrogens (tertiary/aromatic N) is 4. The second-order valence-electron chi connectivity index (χ2n) is 11.1. The van der Waals surface area contributed by atoms with Crippen LogP contribution in [0, 0.1) is 22.7 Å². The fourth-order valence-corrected chi connectivity index (χ4v) is 5.87. The second kappa shape index (κ2) is 12.0. The van der Waals surface area contributed by atoms with E-state index < -0.39 is 0 Å². The number of nitriles is 2. The molecule has 1 saturated carbocycles. The Balaban J connectivity index is 1.42. The van der Waals surface area contributed by atoms with Gasteiger partial charge in [-0.1, -0.05) is 71.7 Å². The lowest BCUT2D eigenvalue weighted by Gasteiger charge is -2.24. The van der Waals surface area contributed by atoms with Crippen LogP contribution in [0.2, 0.25) is 10.0 Å². The van der Waals surface area contributed by atoms with Gasteiger partial charge in [0.2, 0.25) is 0 Å². The molecule has 2 atom stereocenters. The minimum atomic E-state index is -0.335. The van der Waals surface area contributed by atoms with E-state index in [0.29, 0.717) is 45.0 Å². The van der Waals surface area contributed by atoms with Gasteiger partial charge in [-0.25, -0.2) is 0 Å². The Morgan fingerprint density at radius 2 is 1.79 bits per heavy atom. The summed E-state index contributed by atoms with van der Waals surface area (Å²) in [6.45, 7) is 2.22. The maximum atomic E-state index is 10.1. The predicted octanol–water partition coefficient (Wildman–Crippen LogP) is 7.74. The fraction of sp³-hybridized carbons (Fsp3) is 0.242. The van der Waals surface area contributed by atoms with E-state index in [1.54, 1.807) is 0 Å². The SMILES string of the molecule is CC1(N2C=C([C@@H](Nc3cc(Cl)c4ncc(C#N)c(N[C@H](CCC#N)c5ccccc5)c4c3)c3ccccc3Cl)NN2)CC1.